The molecule has 0 aliphatic rings. The van der Waals surface area contributed by atoms with E-state index in [-0.39, 0.29) is 12.8 Å². The lowest BCUT2D eigenvalue weighted by Gasteiger charge is -2.25. The van der Waals surface area contributed by atoms with Gasteiger partial charge in [-0.2, -0.15) is 26.3 Å². The summed E-state index contributed by atoms with van der Waals surface area (Å²) in [6.45, 7) is 8.32. The van der Waals surface area contributed by atoms with Crippen molar-refractivity contribution in [1.82, 2.24) is 0 Å². The van der Waals surface area contributed by atoms with Gasteiger partial charge in [0.25, 0.3) is 6.10 Å². The van der Waals surface area contributed by atoms with Crippen LogP contribution in [0.3, 0.4) is 0 Å². The molecule has 4 nitrogen and oxygen atoms in total. The Bertz CT molecular complexity index is 494. The van der Waals surface area contributed by atoms with Crippen LogP contribution in [0.15, 0.2) is 0 Å². The summed E-state index contributed by atoms with van der Waals surface area (Å²) in [5.74, 6) is -3.41. The van der Waals surface area contributed by atoms with Gasteiger partial charge < -0.3 is 9.47 Å². The number of esters is 2. The molecule has 10 heteroatoms. The molecule has 0 fully saturated rings. The highest BCUT2D eigenvalue weighted by Crippen LogP contribution is 2.36. The molecule has 166 valence electrons. The zero-order valence-electron chi connectivity index (χ0n) is 16.7. The maximum absolute atomic E-state index is 12.5. The molecular formula is C18H28F6O4. The molecule has 0 aliphatic carbocycles. The van der Waals surface area contributed by atoms with Crippen LogP contribution < -0.4 is 0 Å². The first-order chi connectivity index (χ1) is 12.5. The van der Waals surface area contributed by atoms with Crippen molar-refractivity contribution in [3.63, 3.8) is 0 Å². The molecule has 0 aromatic carbocycles. The summed E-state index contributed by atoms with van der Waals surface area (Å²) < 4.78 is 83.9. The van der Waals surface area contributed by atoms with Crippen LogP contribution in [0.25, 0.3) is 0 Å². The summed E-state index contributed by atoms with van der Waals surface area (Å²) in [6.07, 6.45) is -14.2. The van der Waals surface area contributed by atoms with Crippen LogP contribution >= 0.6 is 0 Å². The van der Waals surface area contributed by atoms with E-state index in [1.54, 1.807) is 27.7 Å². The number of ether oxygens (including phenoxy) is 2. The van der Waals surface area contributed by atoms with Crippen LogP contribution in [0.2, 0.25) is 0 Å². The second-order valence-electron chi connectivity index (χ2n) is 7.72. The fraction of sp³-hybridized carbons (Fsp3) is 0.889. The van der Waals surface area contributed by atoms with Gasteiger partial charge in [0.05, 0.1) is 11.8 Å². The van der Waals surface area contributed by atoms with E-state index in [9.17, 15) is 35.9 Å². The van der Waals surface area contributed by atoms with Gasteiger partial charge in [-0.1, -0.05) is 26.7 Å². The summed E-state index contributed by atoms with van der Waals surface area (Å²) in [4.78, 5) is 23.6. The molecular weight excluding hydrogens is 394 g/mol. The van der Waals surface area contributed by atoms with Gasteiger partial charge in [0.15, 0.2) is 0 Å². The zero-order valence-corrected chi connectivity index (χ0v) is 16.7. The number of rotatable bonds is 9. The van der Waals surface area contributed by atoms with E-state index < -0.39 is 47.8 Å². The van der Waals surface area contributed by atoms with E-state index in [0.29, 0.717) is 19.3 Å². The van der Waals surface area contributed by atoms with Crippen LogP contribution in [0.4, 0.5) is 26.3 Å². The minimum absolute atomic E-state index is 0.0445. The molecule has 2 atom stereocenters. The van der Waals surface area contributed by atoms with Gasteiger partial charge >= 0.3 is 24.3 Å². The maximum atomic E-state index is 12.5. The third-order valence-electron chi connectivity index (χ3n) is 3.90. The predicted molar refractivity (Wildman–Crippen MR) is 89.2 cm³/mol. The first-order valence-corrected chi connectivity index (χ1v) is 9.05. The second kappa shape index (κ2) is 10.3. The van der Waals surface area contributed by atoms with Crippen LogP contribution in [0, 0.1) is 11.8 Å². The van der Waals surface area contributed by atoms with E-state index in [4.69, 9.17) is 4.74 Å². The lowest BCUT2D eigenvalue weighted by Crippen LogP contribution is -2.46. The lowest BCUT2D eigenvalue weighted by atomic mass is 9.96. The average molecular weight is 422 g/mol. The molecule has 0 aromatic heterocycles. The molecule has 28 heavy (non-hydrogen) atoms. The molecule has 0 saturated carbocycles. The van der Waals surface area contributed by atoms with Crippen molar-refractivity contribution in [2.45, 2.75) is 90.8 Å². The number of halogens is 6. The van der Waals surface area contributed by atoms with Crippen LogP contribution in [-0.4, -0.2) is 36.0 Å². The highest BCUT2D eigenvalue weighted by molar-refractivity contribution is 5.73. The molecule has 0 heterocycles. The van der Waals surface area contributed by atoms with Crippen molar-refractivity contribution in [1.29, 1.82) is 0 Å². The van der Waals surface area contributed by atoms with Crippen LogP contribution in [-0.2, 0) is 19.1 Å². The number of alkyl halides is 6. The minimum atomic E-state index is -5.73. The monoisotopic (exact) mass is 422 g/mol. The van der Waals surface area contributed by atoms with Crippen molar-refractivity contribution in [3.8, 4) is 0 Å². The molecule has 0 saturated heterocycles. The molecule has 0 rings (SSSR count). The Morgan fingerprint density at radius 3 is 1.71 bits per heavy atom. The SMILES string of the molecule is CCC(CCCCC(C)C(=O)OC(C)(C)C)C(=O)OC(C(F)(F)F)C(F)(F)F. The quantitative estimate of drug-likeness (QED) is 0.276. The number of hydrogen-bond donors (Lipinski definition) is 0. The molecule has 2 unspecified atom stereocenters. The number of unbranched alkanes of at least 4 members (excludes halogenated alkanes) is 1. The second-order valence-corrected chi connectivity index (χ2v) is 7.72. The molecule has 0 aliphatic heterocycles. The molecule has 0 aromatic rings. The molecule has 0 amide bonds. The topological polar surface area (TPSA) is 52.6 Å². The first kappa shape index (κ1) is 26.5. The third-order valence-corrected chi connectivity index (χ3v) is 3.90. The number of carbonyl (C=O) groups excluding carboxylic acids is 2. The highest BCUT2D eigenvalue weighted by atomic mass is 19.4. The summed E-state index contributed by atoms with van der Waals surface area (Å²) >= 11 is 0. The fourth-order valence-electron chi connectivity index (χ4n) is 2.38. The number of carbonyl (C=O) groups is 2. The lowest BCUT2D eigenvalue weighted by molar-refractivity contribution is -0.314. The number of hydrogen-bond acceptors (Lipinski definition) is 4. The molecule has 0 N–H and O–H groups in total. The minimum Gasteiger partial charge on any atom is -0.460 e. The zero-order chi connectivity index (χ0) is 22.3. The standard InChI is InChI=1S/C18H28F6O4/c1-6-12(14(26)27-15(17(19,20)21)18(22,23)24)10-8-7-9-11(2)13(25)28-16(3,4)5/h11-12,15H,6-10H2,1-5H3. The van der Waals surface area contributed by atoms with Gasteiger partial charge in [0.1, 0.15) is 5.60 Å². The Labute approximate surface area is 160 Å². The normalized spacial score (nSPS) is 15.3. The fourth-order valence-corrected chi connectivity index (χ4v) is 2.38. The van der Waals surface area contributed by atoms with E-state index in [1.807, 2.05) is 0 Å². The Kier molecular flexibility index (Phi) is 9.79. The van der Waals surface area contributed by atoms with Gasteiger partial charge in [-0.3, -0.25) is 9.59 Å². The third kappa shape index (κ3) is 10.2. The molecule has 0 spiro atoms. The van der Waals surface area contributed by atoms with Crippen LogP contribution in [0.5, 0.6) is 0 Å². The summed E-state index contributed by atoms with van der Waals surface area (Å²) in [5.41, 5.74) is -0.629. The van der Waals surface area contributed by atoms with Gasteiger partial charge in [0, 0.05) is 0 Å². The van der Waals surface area contributed by atoms with Gasteiger partial charge in [-0.05, 0) is 40.0 Å². The first-order valence-electron chi connectivity index (χ1n) is 9.05. The van der Waals surface area contributed by atoms with E-state index in [0.717, 1.165) is 0 Å². The largest absolute Gasteiger partial charge is 0.460 e. The van der Waals surface area contributed by atoms with Gasteiger partial charge in [-0.15, -0.1) is 0 Å². The Morgan fingerprint density at radius 2 is 1.32 bits per heavy atom. The van der Waals surface area contributed by atoms with Crippen LogP contribution in [0.1, 0.15) is 66.7 Å². The smallest absolute Gasteiger partial charge is 0.434 e. The van der Waals surface area contributed by atoms with E-state index in [1.165, 1.54) is 6.92 Å². The summed E-state index contributed by atoms with van der Waals surface area (Å²) in [5, 5.41) is 0. The van der Waals surface area contributed by atoms with Crippen molar-refractivity contribution in [3.05, 3.63) is 0 Å². The van der Waals surface area contributed by atoms with Crippen molar-refractivity contribution in [2.75, 3.05) is 0 Å². The molecule has 0 bridgehead atoms. The van der Waals surface area contributed by atoms with Crippen molar-refractivity contribution in [2.24, 2.45) is 11.8 Å². The van der Waals surface area contributed by atoms with E-state index in [2.05, 4.69) is 4.74 Å². The van der Waals surface area contributed by atoms with Crippen molar-refractivity contribution >= 4 is 11.9 Å². The van der Waals surface area contributed by atoms with E-state index >= 15 is 0 Å². The van der Waals surface area contributed by atoms with Gasteiger partial charge in [-0.25, -0.2) is 0 Å². The summed E-state index contributed by atoms with van der Waals surface area (Å²) in [7, 11) is 0. The Morgan fingerprint density at radius 1 is 0.857 bits per heavy atom. The Hall–Kier alpha value is -1.48. The highest BCUT2D eigenvalue weighted by Gasteiger charge is 2.60. The average Bonchev–Trinajstić information content (AvgIpc) is 2.48. The maximum Gasteiger partial charge on any atom is 0.434 e. The van der Waals surface area contributed by atoms with Crippen molar-refractivity contribution < 1.29 is 45.4 Å². The Balaban J connectivity index is 4.58. The molecule has 0 radical (unpaired) electrons. The predicted octanol–water partition coefficient (Wildman–Crippen LogP) is 5.59. The van der Waals surface area contributed by atoms with Gasteiger partial charge in [0.2, 0.25) is 0 Å². The summed E-state index contributed by atoms with van der Waals surface area (Å²) in [6, 6.07) is 0.